The van der Waals surface area contributed by atoms with Crippen LogP contribution in [0.2, 0.25) is 5.02 Å². The summed E-state index contributed by atoms with van der Waals surface area (Å²) in [6.07, 6.45) is 0. The average molecular weight is 366 g/mol. The van der Waals surface area contributed by atoms with Crippen molar-refractivity contribution in [2.24, 2.45) is 0 Å². The largest absolute Gasteiger partial charge is 0.484 e. The second kappa shape index (κ2) is 6.28. The standard InChI is InChI=1S/C15H10BrClN2O2/c16-11-3-1-2-10(8-11)15-19-18-14(21-15)9-20-13-6-4-12(17)5-7-13/h1-8H,9H2. The van der Waals surface area contributed by atoms with Gasteiger partial charge in [-0.3, -0.25) is 0 Å². The van der Waals surface area contributed by atoms with Gasteiger partial charge in [-0.1, -0.05) is 33.6 Å². The lowest BCUT2D eigenvalue weighted by molar-refractivity contribution is 0.264. The maximum Gasteiger partial charge on any atom is 0.254 e. The van der Waals surface area contributed by atoms with E-state index in [2.05, 4.69) is 26.1 Å². The van der Waals surface area contributed by atoms with Gasteiger partial charge in [-0.25, -0.2) is 0 Å². The van der Waals surface area contributed by atoms with Gasteiger partial charge in [-0.2, -0.15) is 0 Å². The summed E-state index contributed by atoms with van der Waals surface area (Å²) in [5, 5.41) is 8.65. The summed E-state index contributed by atoms with van der Waals surface area (Å²) in [6.45, 7) is 0.211. The molecule has 1 aromatic heterocycles. The van der Waals surface area contributed by atoms with E-state index in [-0.39, 0.29) is 6.61 Å². The molecule has 0 saturated carbocycles. The monoisotopic (exact) mass is 364 g/mol. The van der Waals surface area contributed by atoms with Crippen molar-refractivity contribution >= 4 is 27.5 Å². The summed E-state index contributed by atoms with van der Waals surface area (Å²) in [4.78, 5) is 0. The smallest absolute Gasteiger partial charge is 0.254 e. The number of aromatic nitrogens is 2. The SMILES string of the molecule is Clc1ccc(OCc2nnc(-c3cccc(Br)c3)o2)cc1. The van der Waals surface area contributed by atoms with E-state index >= 15 is 0 Å². The van der Waals surface area contributed by atoms with Gasteiger partial charge in [0.05, 0.1) is 0 Å². The molecule has 0 saturated heterocycles. The zero-order valence-electron chi connectivity index (χ0n) is 10.8. The van der Waals surface area contributed by atoms with E-state index in [9.17, 15) is 0 Å². The Hall–Kier alpha value is -1.85. The first-order valence-electron chi connectivity index (χ1n) is 6.17. The van der Waals surface area contributed by atoms with E-state index in [0.29, 0.717) is 22.6 Å². The maximum absolute atomic E-state index is 5.81. The van der Waals surface area contributed by atoms with Crippen molar-refractivity contribution in [3.8, 4) is 17.2 Å². The molecule has 3 aromatic rings. The minimum atomic E-state index is 0.211. The third kappa shape index (κ3) is 3.62. The zero-order chi connectivity index (χ0) is 14.7. The second-order valence-electron chi connectivity index (χ2n) is 4.25. The van der Waals surface area contributed by atoms with E-state index in [4.69, 9.17) is 20.8 Å². The molecule has 0 aliphatic heterocycles. The van der Waals surface area contributed by atoms with Gasteiger partial charge in [-0.15, -0.1) is 10.2 Å². The van der Waals surface area contributed by atoms with Crippen molar-refractivity contribution in [1.82, 2.24) is 10.2 Å². The fourth-order valence-electron chi connectivity index (χ4n) is 1.73. The number of benzene rings is 2. The molecular weight excluding hydrogens is 356 g/mol. The van der Waals surface area contributed by atoms with Crippen molar-refractivity contribution < 1.29 is 9.15 Å². The third-order valence-electron chi connectivity index (χ3n) is 2.71. The molecule has 0 amide bonds. The Morgan fingerprint density at radius 3 is 2.67 bits per heavy atom. The molecule has 0 atom stereocenters. The fourth-order valence-corrected chi connectivity index (χ4v) is 2.25. The normalized spacial score (nSPS) is 10.6. The Morgan fingerprint density at radius 2 is 1.90 bits per heavy atom. The van der Waals surface area contributed by atoms with Crippen LogP contribution >= 0.6 is 27.5 Å². The third-order valence-corrected chi connectivity index (χ3v) is 3.46. The number of rotatable bonds is 4. The highest BCUT2D eigenvalue weighted by molar-refractivity contribution is 9.10. The first kappa shape index (κ1) is 14.1. The number of nitrogens with zero attached hydrogens (tertiary/aromatic N) is 2. The van der Waals surface area contributed by atoms with E-state index in [1.165, 1.54) is 0 Å². The molecule has 4 nitrogen and oxygen atoms in total. The van der Waals surface area contributed by atoms with E-state index < -0.39 is 0 Å². The maximum atomic E-state index is 5.81. The molecular formula is C15H10BrClN2O2. The van der Waals surface area contributed by atoms with Crippen molar-refractivity contribution in [1.29, 1.82) is 0 Å². The Balaban J connectivity index is 1.69. The topological polar surface area (TPSA) is 48.2 Å². The minimum absolute atomic E-state index is 0.211. The summed E-state index contributed by atoms with van der Waals surface area (Å²) in [5.74, 6) is 1.58. The number of halogens is 2. The van der Waals surface area contributed by atoms with Crippen LogP contribution < -0.4 is 4.74 Å². The van der Waals surface area contributed by atoms with Crippen molar-refractivity contribution in [3.63, 3.8) is 0 Å². The molecule has 106 valence electrons. The molecule has 0 fully saturated rings. The minimum Gasteiger partial charge on any atom is -0.484 e. The summed E-state index contributed by atoms with van der Waals surface area (Å²) in [5.41, 5.74) is 0.856. The fraction of sp³-hybridized carbons (Fsp3) is 0.0667. The van der Waals surface area contributed by atoms with Crippen molar-refractivity contribution in [2.75, 3.05) is 0 Å². The first-order chi connectivity index (χ1) is 10.2. The van der Waals surface area contributed by atoms with Gasteiger partial charge in [-0.05, 0) is 42.5 Å². The average Bonchev–Trinajstić information content (AvgIpc) is 2.96. The van der Waals surface area contributed by atoms with Gasteiger partial charge < -0.3 is 9.15 Å². The number of hydrogen-bond acceptors (Lipinski definition) is 4. The Morgan fingerprint density at radius 1 is 1.10 bits per heavy atom. The molecule has 0 radical (unpaired) electrons. The summed E-state index contributed by atoms with van der Waals surface area (Å²) in [7, 11) is 0. The van der Waals surface area contributed by atoms with Crippen LogP contribution in [0.4, 0.5) is 0 Å². The molecule has 0 bridgehead atoms. The van der Waals surface area contributed by atoms with Crippen LogP contribution in [0.15, 0.2) is 57.4 Å². The van der Waals surface area contributed by atoms with Crippen LogP contribution in [-0.4, -0.2) is 10.2 Å². The highest BCUT2D eigenvalue weighted by atomic mass is 79.9. The lowest BCUT2D eigenvalue weighted by Gasteiger charge is -2.02. The Labute approximate surface area is 134 Å². The molecule has 0 aliphatic rings. The lowest BCUT2D eigenvalue weighted by atomic mass is 10.2. The van der Waals surface area contributed by atoms with E-state index in [0.717, 1.165) is 10.0 Å². The highest BCUT2D eigenvalue weighted by Crippen LogP contribution is 2.22. The molecule has 0 spiro atoms. The molecule has 0 aliphatic carbocycles. The molecule has 21 heavy (non-hydrogen) atoms. The van der Waals surface area contributed by atoms with E-state index in [1.54, 1.807) is 24.3 Å². The highest BCUT2D eigenvalue weighted by Gasteiger charge is 2.09. The molecule has 6 heteroatoms. The quantitative estimate of drug-likeness (QED) is 0.670. The number of ether oxygens (including phenoxy) is 1. The number of hydrogen-bond donors (Lipinski definition) is 0. The predicted molar refractivity (Wildman–Crippen MR) is 83.2 cm³/mol. The second-order valence-corrected chi connectivity index (χ2v) is 5.61. The molecule has 0 unspecified atom stereocenters. The zero-order valence-corrected chi connectivity index (χ0v) is 13.1. The molecule has 1 heterocycles. The van der Waals surface area contributed by atoms with Crippen LogP contribution in [0.3, 0.4) is 0 Å². The van der Waals surface area contributed by atoms with Gasteiger partial charge in [0, 0.05) is 15.1 Å². The summed E-state index contributed by atoms with van der Waals surface area (Å²) in [6, 6.07) is 14.8. The van der Waals surface area contributed by atoms with Crippen LogP contribution in [0.25, 0.3) is 11.5 Å². The van der Waals surface area contributed by atoms with Crippen LogP contribution in [0, 0.1) is 0 Å². The molecule has 2 aromatic carbocycles. The van der Waals surface area contributed by atoms with E-state index in [1.807, 2.05) is 24.3 Å². The first-order valence-corrected chi connectivity index (χ1v) is 7.34. The summed E-state index contributed by atoms with van der Waals surface area (Å²) >= 11 is 9.22. The predicted octanol–water partition coefficient (Wildman–Crippen LogP) is 4.73. The van der Waals surface area contributed by atoms with Crippen LogP contribution in [0.1, 0.15) is 5.89 Å². The molecule has 0 N–H and O–H groups in total. The Kier molecular flexibility index (Phi) is 4.22. The summed E-state index contributed by atoms with van der Waals surface area (Å²) < 4.78 is 12.1. The van der Waals surface area contributed by atoms with Gasteiger partial charge in [0.1, 0.15) is 5.75 Å². The van der Waals surface area contributed by atoms with Gasteiger partial charge in [0.2, 0.25) is 5.89 Å². The van der Waals surface area contributed by atoms with Gasteiger partial charge in [0.25, 0.3) is 5.89 Å². The van der Waals surface area contributed by atoms with Crippen LogP contribution in [-0.2, 0) is 6.61 Å². The van der Waals surface area contributed by atoms with Gasteiger partial charge >= 0.3 is 0 Å². The van der Waals surface area contributed by atoms with Gasteiger partial charge in [0.15, 0.2) is 6.61 Å². The van der Waals surface area contributed by atoms with Crippen molar-refractivity contribution in [3.05, 3.63) is 63.9 Å². The Bertz CT molecular complexity index is 743. The lowest BCUT2D eigenvalue weighted by Crippen LogP contribution is -1.95. The van der Waals surface area contributed by atoms with Crippen molar-refractivity contribution in [2.45, 2.75) is 6.61 Å². The van der Waals surface area contributed by atoms with Crippen LogP contribution in [0.5, 0.6) is 5.75 Å². The molecule has 3 rings (SSSR count).